The molecule has 0 heterocycles. The molecule has 0 aromatic carbocycles. The zero-order valence-corrected chi connectivity index (χ0v) is 15.1. The molecule has 132 valence electrons. The van der Waals surface area contributed by atoms with Crippen LogP contribution in [-0.2, 0) is 4.79 Å². The molecule has 0 aliphatic heterocycles. The minimum Gasteiger partial charge on any atom is -0.547 e. The number of aliphatic hydroxyl groups excluding tert-OH is 1. The average molecular weight is 315 g/mol. The topological polar surface area (TPSA) is 60.4 Å². The van der Waals surface area contributed by atoms with E-state index in [1.807, 2.05) is 14.1 Å². The van der Waals surface area contributed by atoms with Gasteiger partial charge in [-0.3, -0.25) is 0 Å². The maximum Gasteiger partial charge on any atom is 0.145 e. The van der Waals surface area contributed by atoms with E-state index in [9.17, 15) is 15.0 Å². The lowest BCUT2D eigenvalue weighted by molar-refractivity contribution is -0.916. The van der Waals surface area contributed by atoms with E-state index in [2.05, 4.69) is 6.92 Å². The highest BCUT2D eigenvalue weighted by Crippen LogP contribution is 2.15. The van der Waals surface area contributed by atoms with Gasteiger partial charge in [-0.2, -0.15) is 0 Å². The number of unbranched alkanes of at least 4 members (excludes halogenated alkanes) is 9. The summed E-state index contributed by atoms with van der Waals surface area (Å²) in [6.07, 6.45) is 11.5. The van der Waals surface area contributed by atoms with E-state index in [4.69, 9.17) is 0 Å². The van der Waals surface area contributed by atoms with Crippen LogP contribution in [0.3, 0.4) is 0 Å². The molecule has 0 bridgehead atoms. The van der Waals surface area contributed by atoms with E-state index >= 15 is 0 Å². The SMILES string of the molecule is CCCCCCCCCCCC[N+](C)(C)C(C)[C@H](O)C(=O)[O-]. The summed E-state index contributed by atoms with van der Waals surface area (Å²) in [6, 6.07) is -0.344. The molecule has 0 aromatic heterocycles. The second-order valence-electron chi connectivity index (χ2n) is 7.19. The van der Waals surface area contributed by atoms with Crippen molar-refractivity contribution >= 4 is 5.97 Å². The van der Waals surface area contributed by atoms with Crippen molar-refractivity contribution in [1.82, 2.24) is 0 Å². The number of rotatable bonds is 14. The first-order chi connectivity index (χ1) is 10.3. The quantitative estimate of drug-likeness (QED) is 0.396. The molecule has 1 N–H and O–H groups in total. The largest absolute Gasteiger partial charge is 0.547 e. The minimum absolute atomic E-state index is 0.344. The molecule has 2 atom stereocenters. The standard InChI is InChI=1S/C18H37NO3/c1-5-6-7-8-9-10-11-12-13-14-15-19(3,4)16(2)17(20)18(21)22/h16-17,20H,5-15H2,1-4H3/t16?,17-/m0/s1. The molecule has 22 heavy (non-hydrogen) atoms. The van der Waals surface area contributed by atoms with Crippen LogP contribution in [0.2, 0.25) is 0 Å². The molecule has 0 rings (SSSR count). The fourth-order valence-electron chi connectivity index (χ4n) is 2.79. The Morgan fingerprint density at radius 2 is 1.36 bits per heavy atom. The third-order valence-corrected chi connectivity index (χ3v) is 4.89. The lowest BCUT2D eigenvalue weighted by Crippen LogP contribution is -2.57. The molecule has 0 aliphatic carbocycles. The normalized spacial score (nSPS) is 14.8. The van der Waals surface area contributed by atoms with Crippen molar-refractivity contribution in [2.45, 2.75) is 90.2 Å². The Bertz CT molecular complexity index is 292. The van der Waals surface area contributed by atoms with E-state index in [0.29, 0.717) is 4.48 Å². The highest BCUT2D eigenvalue weighted by atomic mass is 16.4. The number of nitrogens with zero attached hydrogens (tertiary/aromatic N) is 1. The fraction of sp³-hybridized carbons (Fsp3) is 0.944. The molecule has 1 unspecified atom stereocenters. The molecule has 4 nitrogen and oxygen atoms in total. The molecule has 0 aromatic rings. The highest BCUT2D eigenvalue weighted by Gasteiger charge is 2.30. The molecular weight excluding hydrogens is 278 g/mol. The number of likely N-dealkylation sites (N-methyl/N-ethyl adjacent to an activating group) is 1. The summed E-state index contributed by atoms with van der Waals surface area (Å²) < 4.78 is 0.520. The van der Waals surface area contributed by atoms with Crippen LogP contribution in [0.5, 0.6) is 0 Å². The van der Waals surface area contributed by atoms with Gasteiger partial charge < -0.3 is 19.5 Å². The molecule has 0 amide bonds. The van der Waals surface area contributed by atoms with Gasteiger partial charge in [-0.25, -0.2) is 0 Å². The van der Waals surface area contributed by atoms with Crippen LogP contribution in [0, 0.1) is 0 Å². The molecule has 0 fully saturated rings. The number of carbonyl (C=O) groups is 1. The Labute approximate surface area is 137 Å². The Kier molecular flexibility index (Phi) is 11.6. The van der Waals surface area contributed by atoms with Crippen LogP contribution in [0.25, 0.3) is 0 Å². The van der Waals surface area contributed by atoms with Gasteiger partial charge in [-0.15, -0.1) is 0 Å². The summed E-state index contributed by atoms with van der Waals surface area (Å²) in [7, 11) is 3.95. The van der Waals surface area contributed by atoms with E-state index < -0.39 is 12.1 Å². The highest BCUT2D eigenvalue weighted by molar-refractivity contribution is 5.70. The molecule has 0 saturated carbocycles. The second kappa shape index (κ2) is 11.9. The van der Waals surface area contributed by atoms with Crippen LogP contribution >= 0.6 is 0 Å². The summed E-state index contributed by atoms with van der Waals surface area (Å²) in [4.78, 5) is 10.8. The Hall–Kier alpha value is -0.610. The number of carbonyl (C=O) groups excluding carboxylic acids is 1. The number of quaternary nitrogens is 1. The van der Waals surface area contributed by atoms with Gasteiger partial charge in [0.05, 0.1) is 26.6 Å². The monoisotopic (exact) mass is 315 g/mol. The number of aliphatic carboxylic acids is 1. The predicted molar refractivity (Wildman–Crippen MR) is 89.3 cm³/mol. The average Bonchev–Trinajstić information content (AvgIpc) is 2.47. The number of carboxylic acids is 1. The first kappa shape index (κ1) is 21.4. The minimum atomic E-state index is -1.39. The van der Waals surface area contributed by atoms with Crippen molar-refractivity contribution in [1.29, 1.82) is 0 Å². The third-order valence-electron chi connectivity index (χ3n) is 4.89. The summed E-state index contributed by atoms with van der Waals surface area (Å²) in [6.45, 7) is 4.91. The first-order valence-electron chi connectivity index (χ1n) is 9.04. The van der Waals surface area contributed by atoms with E-state index in [0.717, 1.165) is 13.0 Å². The van der Waals surface area contributed by atoms with Gasteiger partial charge in [0, 0.05) is 0 Å². The van der Waals surface area contributed by atoms with Crippen molar-refractivity contribution in [3.05, 3.63) is 0 Å². The van der Waals surface area contributed by atoms with Crippen LogP contribution in [-0.4, -0.2) is 48.3 Å². The molecule has 0 radical (unpaired) electrons. The predicted octanol–water partition coefficient (Wildman–Crippen LogP) is 2.48. The van der Waals surface area contributed by atoms with Crippen molar-refractivity contribution in [3.8, 4) is 0 Å². The maximum atomic E-state index is 10.8. The third kappa shape index (κ3) is 9.42. The van der Waals surface area contributed by atoms with Crippen LogP contribution < -0.4 is 5.11 Å². The smallest absolute Gasteiger partial charge is 0.145 e. The van der Waals surface area contributed by atoms with E-state index in [-0.39, 0.29) is 6.04 Å². The van der Waals surface area contributed by atoms with Gasteiger partial charge >= 0.3 is 0 Å². The zero-order valence-electron chi connectivity index (χ0n) is 15.1. The maximum absolute atomic E-state index is 10.8. The number of aliphatic hydroxyl groups is 1. The van der Waals surface area contributed by atoms with Gasteiger partial charge in [0.15, 0.2) is 0 Å². The lowest BCUT2D eigenvalue weighted by atomic mass is 10.1. The van der Waals surface area contributed by atoms with Crippen LogP contribution in [0.4, 0.5) is 0 Å². The molecule has 0 aliphatic rings. The van der Waals surface area contributed by atoms with E-state index in [1.54, 1.807) is 6.92 Å². The van der Waals surface area contributed by atoms with Crippen LogP contribution in [0.15, 0.2) is 0 Å². The molecule has 4 heteroatoms. The fourth-order valence-corrected chi connectivity index (χ4v) is 2.79. The summed E-state index contributed by atoms with van der Waals surface area (Å²) in [5, 5.41) is 20.4. The van der Waals surface area contributed by atoms with Crippen molar-refractivity contribution in [3.63, 3.8) is 0 Å². The summed E-state index contributed by atoms with van der Waals surface area (Å²) >= 11 is 0. The summed E-state index contributed by atoms with van der Waals surface area (Å²) in [5.41, 5.74) is 0. The van der Waals surface area contributed by atoms with Gasteiger partial charge in [0.25, 0.3) is 0 Å². The van der Waals surface area contributed by atoms with Crippen molar-refractivity contribution in [2.75, 3.05) is 20.6 Å². The van der Waals surface area contributed by atoms with Crippen molar-refractivity contribution < 1.29 is 19.5 Å². The molecular formula is C18H37NO3. The van der Waals surface area contributed by atoms with Crippen LogP contribution in [0.1, 0.15) is 78.1 Å². The number of carboxylic acid groups (broad SMARTS) is 1. The van der Waals surface area contributed by atoms with Gasteiger partial charge in [-0.1, -0.05) is 58.3 Å². The zero-order chi connectivity index (χ0) is 17.0. The van der Waals surface area contributed by atoms with Gasteiger partial charge in [-0.05, 0) is 19.8 Å². The number of hydrogen-bond acceptors (Lipinski definition) is 3. The van der Waals surface area contributed by atoms with Gasteiger partial charge in [0.1, 0.15) is 12.1 Å². The molecule has 0 spiro atoms. The van der Waals surface area contributed by atoms with Crippen molar-refractivity contribution in [2.24, 2.45) is 0 Å². The Morgan fingerprint density at radius 3 is 1.77 bits per heavy atom. The second-order valence-corrected chi connectivity index (χ2v) is 7.19. The Morgan fingerprint density at radius 1 is 0.955 bits per heavy atom. The summed E-state index contributed by atoms with van der Waals surface area (Å²) in [5.74, 6) is -1.37. The lowest BCUT2D eigenvalue weighted by Gasteiger charge is -2.38. The molecule has 0 saturated heterocycles. The number of hydrogen-bond donors (Lipinski definition) is 1. The van der Waals surface area contributed by atoms with E-state index in [1.165, 1.54) is 57.8 Å². The van der Waals surface area contributed by atoms with Gasteiger partial charge in [0.2, 0.25) is 0 Å². The Balaban J connectivity index is 3.66. The first-order valence-corrected chi connectivity index (χ1v) is 9.04.